The molecule has 3 heterocycles. The Morgan fingerprint density at radius 1 is 1.38 bits per heavy atom. The molecule has 0 fully saturated rings. The molecular weight excluding hydrogens is 390 g/mol. The number of allylic oxidation sites excluding steroid dienone is 1. The summed E-state index contributed by atoms with van der Waals surface area (Å²) in [7, 11) is 0. The molecule has 1 aliphatic rings. The highest BCUT2D eigenvalue weighted by Gasteiger charge is 2.16. The molecule has 4 rings (SSSR count). The van der Waals surface area contributed by atoms with Crippen LogP contribution in [0, 0.1) is 6.92 Å². The lowest BCUT2D eigenvalue weighted by molar-refractivity contribution is 0.0689. The zero-order valence-electron chi connectivity index (χ0n) is 14.0. The van der Waals surface area contributed by atoms with Gasteiger partial charge in [-0.25, -0.2) is 9.78 Å². The van der Waals surface area contributed by atoms with Crippen molar-refractivity contribution in [2.45, 2.75) is 19.9 Å². The van der Waals surface area contributed by atoms with Crippen molar-refractivity contribution in [2.75, 3.05) is 11.5 Å². The summed E-state index contributed by atoms with van der Waals surface area (Å²) in [6.07, 6.45) is 3.29. The minimum Gasteiger partial charge on any atom is -0.476 e. The summed E-state index contributed by atoms with van der Waals surface area (Å²) in [5, 5.41) is 15.0. The fraction of sp³-hybridized carbons (Fsp3) is 0.278. The Hall–Kier alpha value is -1.83. The molecule has 2 aromatic heterocycles. The first kappa shape index (κ1) is 17.6. The van der Waals surface area contributed by atoms with Crippen molar-refractivity contribution in [1.82, 2.24) is 14.8 Å². The van der Waals surface area contributed by atoms with E-state index in [1.54, 1.807) is 22.1 Å². The number of aromatic nitrogens is 3. The molecule has 0 unspecified atom stereocenters. The van der Waals surface area contributed by atoms with Gasteiger partial charge in [-0.2, -0.15) is 16.9 Å². The SMILES string of the molecule is Cc1cc(C(=O)O)nn1Cc1cc(Cl)cc2sc(C3=CCSCC3)nc12. The van der Waals surface area contributed by atoms with Gasteiger partial charge in [0.2, 0.25) is 0 Å². The molecule has 1 aromatic carbocycles. The number of rotatable bonds is 4. The Morgan fingerprint density at radius 3 is 2.92 bits per heavy atom. The summed E-state index contributed by atoms with van der Waals surface area (Å²) in [6, 6.07) is 5.40. The van der Waals surface area contributed by atoms with Crippen LogP contribution in [-0.2, 0) is 6.54 Å². The van der Waals surface area contributed by atoms with Gasteiger partial charge >= 0.3 is 5.97 Å². The molecule has 26 heavy (non-hydrogen) atoms. The standard InChI is InChI=1S/C18H16ClN3O2S2/c1-10-6-14(18(23)24)21-22(10)9-12-7-13(19)8-15-16(12)20-17(26-15)11-2-4-25-5-3-11/h2,6-8H,3-5,9H2,1H3,(H,23,24). The highest BCUT2D eigenvalue weighted by molar-refractivity contribution is 7.99. The molecule has 3 aromatic rings. The van der Waals surface area contributed by atoms with Gasteiger partial charge in [0.1, 0.15) is 5.01 Å². The number of hydrogen-bond acceptors (Lipinski definition) is 5. The topological polar surface area (TPSA) is 68.0 Å². The average molecular weight is 406 g/mol. The van der Waals surface area contributed by atoms with Crippen molar-refractivity contribution in [2.24, 2.45) is 0 Å². The maximum Gasteiger partial charge on any atom is 0.356 e. The third-order valence-corrected chi connectivity index (χ3v) is 6.49. The van der Waals surface area contributed by atoms with E-state index >= 15 is 0 Å². The second-order valence-electron chi connectivity index (χ2n) is 6.12. The van der Waals surface area contributed by atoms with E-state index in [1.165, 1.54) is 5.57 Å². The first-order chi connectivity index (χ1) is 12.5. The molecule has 0 atom stereocenters. The lowest BCUT2D eigenvalue weighted by atomic mass is 10.2. The van der Waals surface area contributed by atoms with E-state index in [0.29, 0.717) is 11.6 Å². The highest BCUT2D eigenvalue weighted by Crippen LogP contribution is 2.35. The molecule has 0 bridgehead atoms. The van der Waals surface area contributed by atoms with Gasteiger partial charge < -0.3 is 5.11 Å². The normalized spacial score (nSPS) is 14.6. The predicted octanol–water partition coefficient (Wildman–Crippen LogP) is 4.72. The van der Waals surface area contributed by atoms with Crippen LogP contribution in [-0.4, -0.2) is 37.3 Å². The second-order valence-corrected chi connectivity index (χ2v) is 8.74. The van der Waals surface area contributed by atoms with E-state index < -0.39 is 5.97 Å². The number of thiazole rings is 1. The highest BCUT2D eigenvalue weighted by atomic mass is 35.5. The number of carbonyl (C=O) groups is 1. The molecule has 0 aliphatic carbocycles. The number of fused-ring (bicyclic) bond motifs is 1. The van der Waals surface area contributed by atoms with Crippen LogP contribution < -0.4 is 0 Å². The van der Waals surface area contributed by atoms with E-state index in [1.807, 2.05) is 30.8 Å². The smallest absolute Gasteiger partial charge is 0.356 e. The number of halogens is 1. The molecule has 0 saturated heterocycles. The number of hydrogen-bond donors (Lipinski definition) is 1. The van der Waals surface area contributed by atoms with Gasteiger partial charge in [-0.05, 0) is 42.9 Å². The van der Waals surface area contributed by atoms with Crippen LogP contribution in [0.3, 0.4) is 0 Å². The number of nitrogens with zero attached hydrogens (tertiary/aromatic N) is 3. The predicted molar refractivity (Wildman–Crippen MR) is 108 cm³/mol. The van der Waals surface area contributed by atoms with Crippen LogP contribution in [0.5, 0.6) is 0 Å². The maximum atomic E-state index is 11.1. The second kappa shape index (κ2) is 7.06. The maximum absolute atomic E-state index is 11.1. The Morgan fingerprint density at radius 2 is 2.23 bits per heavy atom. The minimum atomic E-state index is -1.03. The summed E-state index contributed by atoms with van der Waals surface area (Å²) < 4.78 is 2.73. The van der Waals surface area contributed by atoms with Gasteiger partial charge in [-0.3, -0.25) is 4.68 Å². The van der Waals surface area contributed by atoms with Gasteiger partial charge in [0.15, 0.2) is 5.69 Å². The average Bonchev–Trinajstić information content (AvgIpc) is 3.20. The van der Waals surface area contributed by atoms with Crippen LogP contribution >= 0.6 is 34.7 Å². The largest absolute Gasteiger partial charge is 0.476 e. The Balaban J connectivity index is 1.76. The van der Waals surface area contributed by atoms with E-state index in [0.717, 1.165) is 44.4 Å². The van der Waals surface area contributed by atoms with Gasteiger partial charge in [0, 0.05) is 22.0 Å². The summed E-state index contributed by atoms with van der Waals surface area (Å²) in [5.41, 5.74) is 4.00. The lowest BCUT2D eigenvalue weighted by Crippen LogP contribution is -2.06. The van der Waals surface area contributed by atoms with Crippen LogP contribution in [0.2, 0.25) is 5.02 Å². The Kier molecular flexibility index (Phi) is 4.77. The summed E-state index contributed by atoms with van der Waals surface area (Å²) in [5.74, 6) is 1.13. The van der Waals surface area contributed by atoms with Gasteiger partial charge in [-0.15, -0.1) is 11.3 Å². The number of carboxylic acids is 1. The van der Waals surface area contributed by atoms with Crippen LogP contribution in [0.1, 0.15) is 33.2 Å². The van der Waals surface area contributed by atoms with E-state index in [4.69, 9.17) is 21.7 Å². The van der Waals surface area contributed by atoms with Crippen molar-refractivity contribution >= 4 is 56.5 Å². The minimum absolute atomic E-state index is 0.0459. The molecule has 1 N–H and O–H groups in total. The fourth-order valence-corrected chi connectivity index (χ4v) is 5.25. The van der Waals surface area contributed by atoms with E-state index in [2.05, 4.69) is 11.2 Å². The molecule has 0 saturated carbocycles. The first-order valence-corrected chi connectivity index (χ1v) is 10.5. The molecule has 0 radical (unpaired) electrons. The van der Waals surface area contributed by atoms with Crippen LogP contribution in [0.15, 0.2) is 24.3 Å². The van der Waals surface area contributed by atoms with Crippen molar-refractivity contribution in [1.29, 1.82) is 0 Å². The number of carboxylic acid groups (broad SMARTS) is 1. The van der Waals surface area contributed by atoms with Gasteiger partial charge in [0.25, 0.3) is 0 Å². The zero-order chi connectivity index (χ0) is 18.3. The summed E-state index contributed by atoms with van der Waals surface area (Å²) in [6.45, 7) is 2.28. The monoisotopic (exact) mass is 405 g/mol. The zero-order valence-corrected chi connectivity index (χ0v) is 16.4. The Labute approximate surface area is 163 Å². The number of aromatic carboxylic acids is 1. The van der Waals surface area contributed by atoms with Crippen LogP contribution in [0.4, 0.5) is 0 Å². The van der Waals surface area contributed by atoms with Crippen LogP contribution in [0.25, 0.3) is 15.8 Å². The number of benzene rings is 1. The van der Waals surface area contributed by atoms with Crippen molar-refractivity contribution in [3.63, 3.8) is 0 Å². The number of aryl methyl sites for hydroxylation is 1. The molecule has 5 nitrogen and oxygen atoms in total. The molecule has 8 heteroatoms. The summed E-state index contributed by atoms with van der Waals surface area (Å²) in [4.78, 5) is 16.0. The quantitative estimate of drug-likeness (QED) is 0.680. The first-order valence-electron chi connectivity index (χ1n) is 8.15. The van der Waals surface area contributed by atoms with Crippen molar-refractivity contribution in [3.05, 3.63) is 51.3 Å². The van der Waals surface area contributed by atoms with Crippen molar-refractivity contribution < 1.29 is 9.90 Å². The third kappa shape index (κ3) is 3.39. The fourth-order valence-electron chi connectivity index (χ4n) is 2.98. The van der Waals surface area contributed by atoms with Gasteiger partial charge in [0.05, 0.1) is 16.8 Å². The molecule has 0 spiro atoms. The molecular formula is C18H16ClN3O2S2. The van der Waals surface area contributed by atoms with E-state index in [-0.39, 0.29) is 5.69 Å². The van der Waals surface area contributed by atoms with Gasteiger partial charge in [-0.1, -0.05) is 17.7 Å². The van der Waals surface area contributed by atoms with Crippen molar-refractivity contribution in [3.8, 4) is 0 Å². The third-order valence-electron chi connectivity index (χ3n) is 4.30. The number of thioether (sulfide) groups is 1. The lowest BCUT2D eigenvalue weighted by Gasteiger charge is -2.09. The molecule has 134 valence electrons. The summed E-state index contributed by atoms with van der Waals surface area (Å²) >= 11 is 9.91. The molecule has 1 aliphatic heterocycles. The van der Waals surface area contributed by atoms with E-state index in [9.17, 15) is 4.79 Å². The molecule has 0 amide bonds. The Bertz CT molecular complexity index is 1040.